The van der Waals surface area contributed by atoms with Crippen molar-refractivity contribution in [1.29, 1.82) is 0 Å². The van der Waals surface area contributed by atoms with Crippen LogP contribution in [0.3, 0.4) is 0 Å². The summed E-state index contributed by atoms with van der Waals surface area (Å²) in [6.45, 7) is -0.416. The van der Waals surface area contributed by atoms with Crippen LogP contribution in [0.1, 0.15) is 18.1 Å². The summed E-state index contributed by atoms with van der Waals surface area (Å²) in [4.78, 5) is 38.2. The highest BCUT2D eigenvalue weighted by Crippen LogP contribution is 2.52. The predicted molar refractivity (Wildman–Crippen MR) is 88.8 cm³/mol. The molecule has 3 amide bonds. The minimum atomic E-state index is -0.996. The average Bonchev–Trinajstić information content (AvgIpc) is 3.30. The highest BCUT2D eigenvalue weighted by atomic mass is 19.1. The van der Waals surface area contributed by atoms with Crippen LogP contribution in [0.2, 0.25) is 0 Å². The molecule has 3 aliphatic rings. The fraction of sp³-hybridized carbons (Fsp3) is 0.421. The Bertz CT molecular complexity index is 761. The van der Waals surface area contributed by atoms with Crippen molar-refractivity contribution >= 4 is 17.7 Å². The molecule has 2 aliphatic carbocycles. The summed E-state index contributed by atoms with van der Waals surface area (Å²) in [6, 6.07) is 5.32. The first-order chi connectivity index (χ1) is 12.5. The van der Waals surface area contributed by atoms with E-state index in [1.54, 1.807) is 0 Å². The number of hydrogen-bond acceptors (Lipinski definition) is 4. The zero-order valence-corrected chi connectivity index (χ0v) is 14.0. The number of carbonyl (C=O) groups is 3. The molecule has 1 saturated heterocycles. The normalized spacial score (nSPS) is 30.0. The third-order valence-electron chi connectivity index (χ3n) is 5.61. The van der Waals surface area contributed by atoms with E-state index in [1.165, 1.54) is 24.3 Å². The summed E-state index contributed by atoms with van der Waals surface area (Å²) >= 11 is 0. The zero-order valence-electron chi connectivity index (χ0n) is 14.0. The molecular weight excluding hydrogens is 339 g/mol. The van der Waals surface area contributed by atoms with Crippen molar-refractivity contribution in [1.82, 2.24) is 10.2 Å². The Labute approximate surface area is 149 Å². The SMILES string of the molecule is O=C(CN1C(=O)[C@H]2[C@H](C1=O)[C@H]1C=C[C@H]2C1)NC[C@H](O)c1ccc(F)cc1. The minimum absolute atomic E-state index is 0.0830. The van der Waals surface area contributed by atoms with Gasteiger partial charge in [0.1, 0.15) is 12.4 Å². The van der Waals surface area contributed by atoms with E-state index in [0.29, 0.717) is 5.56 Å². The molecule has 1 aromatic carbocycles. The number of rotatable bonds is 5. The van der Waals surface area contributed by atoms with E-state index in [2.05, 4.69) is 5.32 Å². The van der Waals surface area contributed by atoms with E-state index >= 15 is 0 Å². The molecule has 1 saturated carbocycles. The molecule has 0 radical (unpaired) electrons. The van der Waals surface area contributed by atoms with Gasteiger partial charge in [-0.15, -0.1) is 0 Å². The van der Waals surface area contributed by atoms with Crippen molar-refractivity contribution in [2.75, 3.05) is 13.1 Å². The van der Waals surface area contributed by atoms with Gasteiger partial charge < -0.3 is 10.4 Å². The highest BCUT2D eigenvalue weighted by molar-refractivity contribution is 6.08. The monoisotopic (exact) mass is 358 g/mol. The summed E-state index contributed by atoms with van der Waals surface area (Å²) < 4.78 is 12.9. The zero-order chi connectivity index (χ0) is 18.4. The number of imide groups is 1. The quantitative estimate of drug-likeness (QED) is 0.602. The molecule has 5 atom stereocenters. The third-order valence-corrected chi connectivity index (χ3v) is 5.61. The fourth-order valence-corrected chi connectivity index (χ4v) is 4.33. The van der Waals surface area contributed by atoms with Gasteiger partial charge in [0, 0.05) is 6.54 Å². The van der Waals surface area contributed by atoms with Crippen LogP contribution in [-0.4, -0.2) is 40.8 Å². The molecule has 2 bridgehead atoms. The lowest BCUT2D eigenvalue weighted by molar-refractivity contribution is -0.144. The second-order valence-electron chi connectivity index (χ2n) is 7.13. The lowest BCUT2D eigenvalue weighted by atomic mass is 9.85. The number of carbonyl (C=O) groups excluding carboxylic acids is 3. The highest BCUT2D eigenvalue weighted by Gasteiger charge is 2.59. The van der Waals surface area contributed by atoms with Gasteiger partial charge in [0.25, 0.3) is 0 Å². The number of benzene rings is 1. The summed E-state index contributed by atoms with van der Waals surface area (Å²) in [5.74, 6) is -1.90. The summed E-state index contributed by atoms with van der Waals surface area (Å²) in [5, 5.41) is 12.6. The molecule has 2 fully saturated rings. The van der Waals surface area contributed by atoms with E-state index in [4.69, 9.17) is 0 Å². The molecule has 1 heterocycles. The number of allylic oxidation sites excluding steroid dienone is 2. The maximum Gasteiger partial charge on any atom is 0.240 e. The third kappa shape index (κ3) is 2.72. The van der Waals surface area contributed by atoms with Crippen molar-refractivity contribution in [2.45, 2.75) is 12.5 Å². The van der Waals surface area contributed by atoms with E-state index in [9.17, 15) is 23.9 Å². The van der Waals surface area contributed by atoms with Crippen molar-refractivity contribution in [2.24, 2.45) is 23.7 Å². The molecule has 0 unspecified atom stereocenters. The number of amides is 3. The molecule has 0 aromatic heterocycles. The van der Waals surface area contributed by atoms with Crippen molar-refractivity contribution in [3.63, 3.8) is 0 Å². The van der Waals surface area contributed by atoms with Gasteiger partial charge in [-0.1, -0.05) is 24.3 Å². The number of halogens is 1. The predicted octanol–water partition coefficient (Wildman–Crippen LogP) is 0.782. The lowest BCUT2D eigenvalue weighted by Gasteiger charge is -2.18. The number of aliphatic hydroxyl groups is 1. The minimum Gasteiger partial charge on any atom is -0.387 e. The molecule has 1 aromatic rings. The Hall–Kier alpha value is -2.54. The van der Waals surface area contributed by atoms with Gasteiger partial charge in [-0.2, -0.15) is 0 Å². The summed E-state index contributed by atoms with van der Waals surface area (Å²) in [7, 11) is 0. The van der Waals surface area contributed by atoms with Crippen LogP contribution in [-0.2, 0) is 14.4 Å². The van der Waals surface area contributed by atoms with Gasteiger partial charge in [0.15, 0.2) is 0 Å². The molecule has 4 rings (SSSR count). The molecule has 2 N–H and O–H groups in total. The van der Waals surface area contributed by atoms with Gasteiger partial charge in [0.05, 0.1) is 17.9 Å². The summed E-state index contributed by atoms with van der Waals surface area (Å²) in [5.41, 5.74) is 0.470. The number of likely N-dealkylation sites (tertiary alicyclic amines) is 1. The Morgan fingerprint density at radius 3 is 2.31 bits per heavy atom. The number of nitrogens with one attached hydrogen (secondary N) is 1. The van der Waals surface area contributed by atoms with E-state index in [-0.39, 0.29) is 48.6 Å². The van der Waals surface area contributed by atoms with E-state index in [0.717, 1.165) is 11.3 Å². The number of fused-ring (bicyclic) bond motifs is 5. The Kier molecular flexibility index (Phi) is 4.11. The van der Waals surface area contributed by atoms with Crippen molar-refractivity contribution < 1.29 is 23.9 Å². The van der Waals surface area contributed by atoms with Crippen LogP contribution in [0.4, 0.5) is 4.39 Å². The molecule has 6 nitrogen and oxygen atoms in total. The fourth-order valence-electron chi connectivity index (χ4n) is 4.33. The molecule has 26 heavy (non-hydrogen) atoms. The first-order valence-electron chi connectivity index (χ1n) is 8.69. The Morgan fingerprint density at radius 1 is 1.15 bits per heavy atom. The number of hydrogen-bond donors (Lipinski definition) is 2. The van der Waals surface area contributed by atoms with Crippen molar-refractivity contribution in [3.05, 3.63) is 47.8 Å². The topological polar surface area (TPSA) is 86.7 Å². The van der Waals surface area contributed by atoms with E-state index < -0.39 is 17.8 Å². The average molecular weight is 358 g/mol. The Balaban J connectivity index is 1.33. The maximum absolute atomic E-state index is 12.9. The maximum atomic E-state index is 12.9. The molecule has 136 valence electrons. The number of nitrogens with zero attached hydrogens (tertiary/aromatic N) is 1. The Morgan fingerprint density at radius 2 is 1.73 bits per heavy atom. The van der Waals surface area contributed by atoms with E-state index in [1.807, 2.05) is 12.2 Å². The summed E-state index contributed by atoms with van der Waals surface area (Å²) in [6.07, 6.45) is 3.85. The van der Waals surface area contributed by atoms with Gasteiger partial charge in [-0.3, -0.25) is 19.3 Å². The van der Waals surface area contributed by atoms with Gasteiger partial charge in [-0.25, -0.2) is 4.39 Å². The standard InChI is InChI=1S/C19H19FN2O4/c20-13-5-3-10(4-6-13)14(23)8-21-15(24)9-22-18(25)16-11-1-2-12(7-11)17(16)19(22)26/h1-6,11-12,14,16-17,23H,7-9H2,(H,21,24)/t11-,12-,14-,16+,17+/m0/s1. The first kappa shape index (κ1) is 16.9. The van der Waals surface area contributed by atoms with Crippen LogP contribution in [0, 0.1) is 29.5 Å². The molecule has 7 heteroatoms. The van der Waals surface area contributed by atoms with Crippen LogP contribution >= 0.6 is 0 Å². The molecule has 0 spiro atoms. The number of aliphatic hydroxyl groups excluding tert-OH is 1. The van der Waals surface area contributed by atoms with Crippen LogP contribution in [0.5, 0.6) is 0 Å². The largest absolute Gasteiger partial charge is 0.387 e. The van der Waals surface area contributed by atoms with Gasteiger partial charge >= 0.3 is 0 Å². The second-order valence-corrected chi connectivity index (χ2v) is 7.13. The molecule has 1 aliphatic heterocycles. The van der Waals surface area contributed by atoms with Gasteiger partial charge in [-0.05, 0) is 36.0 Å². The van der Waals surface area contributed by atoms with Crippen molar-refractivity contribution in [3.8, 4) is 0 Å². The first-order valence-corrected chi connectivity index (χ1v) is 8.69. The van der Waals surface area contributed by atoms with Crippen LogP contribution < -0.4 is 5.32 Å². The molecular formula is C19H19FN2O4. The van der Waals surface area contributed by atoms with Crippen LogP contribution in [0.25, 0.3) is 0 Å². The lowest BCUT2D eigenvalue weighted by Crippen LogP contribution is -2.42. The van der Waals surface area contributed by atoms with Gasteiger partial charge in [0.2, 0.25) is 17.7 Å². The second kappa shape index (κ2) is 6.32. The smallest absolute Gasteiger partial charge is 0.240 e. The van der Waals surface area contributed by atoms with Crippen LogP contribution in [0.15, 0.2) is 36.4 Å².